The minimum absolute atomic E-state index is 0.364. The molecule has 78 valence electrons. The van der Waals surface area contributed by atoms with E-state index in [1.54, 1.807) is 24.3 Å². The van der Waals surface area contributed by atoms with Crippen molar-refractivity contribution >= 4 is 5.97 Å². The van der Waals surface area contributed by atoms with E-state index in [0.29, 0.717) is 5.75 Å². The van der Waals surface area contributed by atoms with Gasteiger partial charge in [-0.3, -0.25) is 0 Å². The van der Waals surface area contributed by atoms with E-state index < -0.39 is 0 Å². The first kappa shape index (κ1) is 11.2. The molecule has 1 rings (SSSR count). The molecule has 0 N–H and O–H groups in total. The second kappa shape index (κ2) is 5.81. The van der Waals surface area contributed by atoms with E-state index in [1.165, 1.54) is 6.08 Å². The van der Waals surface area contributed by atoms with Crippen LogP contribution in [0.15, 0.2) is 48.6 Å². The van der Waals surface area contributed by atoms with Gasteiger partial charge in [-0.25, -0.2) is 4.79 Å². The first-order valence-electron chi connectivity index (χ1n) is 4.80. The van der Waals surface area contributed by atoms with Crippen molar-refractivity contribution in [3.05, 3.63) is 54.1 Å². The lowest BCUT2D eigenvalue weighted by Gasteiger charge is -2.00. The molecule has 0 unspecified atom stereocenters. The number of aryl methyl sites for hydroxylation is 1. The number of hydrogen-bond acceptors (Lipinski definition) is 2. The molecule has 0 amide bonds. The standard InChI is InChI=1S/C13H14O2/c1-3-4-5-6-13(14)15-12-9-7-11(2)8-10-12/h3-10H,1-2H3/b4-3+,6-5+. The van der Waals surface area contributed by atoms with Crippen LogP contribution in [0.2, 0.25) is 0 Å². The van der Waals surface area contributed by atoms with Crippen LogP contribution in [-0.4, -0.2) is 5.97 Å². The fourth-order valence-corrected chi connectivity index (χ4v) is 1.00. The number of hydrogen-bond donors (Lipinski definition) is 0. The summed E-state index contributed by atoms with van der Waals surface area (Å²) >= 11 is 0. The van der Waals surface area contributed by atoms with Gasteiger partial charge in [-0.15, -0.1) is 0 Å². The monoisotopic (exact) mass is 202 g/mol. The van der Waals surface area contributed by atoms with Gasteiger partial charge in [0.25, 0.3) is 0 Å². The lowest BCUT2D eigenvalue weighted by Crippen LogP contribution is -2.03. The molecular formula is C13H14O2. The number of carbonyl (C=O) groups is 1. The molecule has 0 aliphatic rings. The molecule has 2 heteroatoms. The number of ether oxygens (including phenoxy) is 1. The van der Waals surface area contributed by atoms with Crippen LogP contribution in [0, 0.1) is 6.92 Å². The molecule has 0 aliphatic carbocycles. The molecular weight excluding hydrogens is 188 g/mol. The first-order chi connectivity index (χ1) is 7.22. The van der Waals surface area contributed by atoms with E-state index in [0.717, 1.165) is 5.56 Å². The molecule has 0 fully saturated rings. The Balaban J connectivity index is 2.55. The Kier molecular flexibility index (Phi) is 4.35. The average Bonchev–Trinajstić information content (AvgIpc) is 2.22. The molecule has 0 aromatic heterocycles. The number of rotatable bonds is 3. The summed E-state index contributed by atoms with van der Waals surface area (Å²) in [5, 5.41) is 0. The van der Waals surface area contributed by atoms with Crippen molar-refractivity contribution in [1.82, 2.24) is 0 Å². The summed E-state index contributed by atoms with van der Waals surface area (Å²) in [5.74, 6) is 0.202. The Labute approximate surface area is 89.9 Å². The Bertz CT molecular complexity index is 372. The van der Waals surface area contributed by atoms with Crippen LogP contribution in [0.3, 0.4) is 0 Å². The summed E-state index contributed by atoms with van der Waals surface area (Å²) in [7, 11) is 0. The molecule has 0 bridgehead atoms. The highest BCUT2D eigenvalue weighted by Crippen LogP contribution is 2.11. The number of benzene rings is 1. The molecule has 0 saturated carbocycles. The Morgan fingerprint density at radius 2 is 1.87 bits per heavy atom. The van der Waals surface area contributed by atoms with E-state index in [9.17, 15) is 4.79 Å². The molecule has 0 spiro atoms. The van der Waals surface area contributed by atoms with Gasteiger partial charge in [0.1, 0.15) is 5.75 Å². The van der Waals surface area contributed by atoms with Crippen LogP contribution >= 0.6 is 0 Å². The number of esters is 1. The Morgan fingerprint density at radius 3 is 2.47 bits per heavy atom. The molecule has 0 atom stereocenters. The summed E-state index contributed by atoms with van der Waals surface area (Å²) in [4.78, 5) is 11.2. The third kappa shape index (κ3) is 4.27. The molecule has 1 aromatic rings. The van der Waals surface area contributed by atoms with Gasteiger partial charge in [0, 0.05) is 6.08 Å². The minimum Gasteiger partial charge on any atom is -0.423 e. The lowest BCUT2D eigenvalue weighted by atomic mass is 10.2. The van der Waals surface area contributed by atoms with Crippen molar-refractivity contribution in [2.45, 2.75) is 13.8 Å². The van der Waals surface area contributed by atoms with Gasteiger partial charge >= 0.3 is 5.97 Å². The summed E-state index contributed by atoms with van der Waals surface area (Å²) < 4.78 is 5.06. The maximum atomic E-state index is 11.2. The van der Waals surface area contributed by atoms with Crippen molar-refractivity contribution in [3.8, 4) is 5.75 Å². The zero-order valence-corrected chi connectivity index (χ0v) is 8.94. The van der Waals surface area contributed by atoms with E-state index in [1.807, 2.05) is 32.1 Å². The van der Waals surface area contributed by atoms with Crippen LogP contribution in [0.25, 0.3) is 0 Å². The van der Waals surface area contributed by atoms with Crippen LogP contribution in [-0.2, 0) is 4.79 Å². The van der Waals surface area contributed by atoms with Gasteiger partial charge in [-0.05, 0) is 26.0 Å². The first-order valence-corrected chi connectivity index (χ1v) is 4.80. The third-order valence-electron chi connectivity index (χ3n) is 1.78. The maximum Gasteiger partial charge on any atom is 0.336 e. The molecule has 0 radical (unpaired) electrons. The maximum absolute atomic E-state index is 11.2. The van der Waals surface area contributed by atoms with Gasteiger partial charge in [-0.2, -0.15) is 0 Å². The largest absolute Gasteiger partial charge is 0.423 e. The predicted octanol–water partition coefficient (Wildman–Crippen LogP) is 3.03. The second-order valence-corrected chi connectivity index (χ2v) is 3.12. The van der Waals surface area contributed by atoms with Crippen molar-refractivity contribution < 1.29 is 9.53 Å². The highest BCUT2D eigenvalue weighted by molar-refractivity contribution is 5.84. The average molecular weight is 202 g/mol. The molecule has 15 heavy (non-hydrogen) atoms. The minimum atomic E-state index is -0.364. The van der Waals surface area contributed by atoms with E-state index in [-0.39, 0.29) is 5.97 Å². The van der Waals surface area contributed by atoms with Crippen LogP contribution in [0.4, 0.5) is 0 Å². The quantitative estimate of drug-likeness (QED) is 0.326. The van der Waals surface area contributed by atoms with E-state index >= 15 is 0 Å². The molecule has 0 saturated heterocycles. The topological polar surface area (TPSA) is 26.3 Å². The summed E-state index contributed by atoms with van der Waals surface area (Å²) in [5.41, 5.74) is 1.14. The second-order valence-electron chi connectivity index (χ2n) is 3.12. The number of carbonyl (C=O) groups excluding carboxylic acids is 1. The lowest BCUT2D eigenvalue weighted by molar-refractivity contribution is -0.128. The summed E-state index contributed by atoms with van der Waals surface area (Å²) in [6.07, 6.45) is 6.66. The van der Waals surface area contributed by atoms with Crippen molar-refractivity contribution in [2.75, 3.05) is 0 Å². The summed E-state index contributed by atoms with van der Waals surface area (Å²) in [6, 6.07) is 7.35. The zero-order chi connectivity index (χ0) is 11.1. The zero-order valence-electron chi connectivity index (χ0n) is 8.94. The van der Waals surface area contributed by atoms with Crippen molar-refractivity contribution in [3.63, 3.8) is 0 Å². The fourth-order valence-electron chi connectivity index (χ4n) is 1.00. The van der Waals surface area contributed by atoms with Gasteiger partial charge in [-0.1, -0.05) is 35.9 Å². The smallest absolute Gasteiger partial charge is 0.336 e. The van der Waals surface area contributed by atoms with E-state index in [2.05, 4.69) is 0 Å². The van der Waals surface area contributed by atoms with Gasteiger partial charge in [0.15, 0.2) is 0 Å². The normalized spacial score (nSPS) is 11.1. The number of allylic oxidation sites excluding steroid dienone is 3. The van der Waals surface area contributed by atoms with Crippen molar-refractivity contribution in [1.29, 1.82) is 0 Å². The van der Waals surface area contributed by atoms with Crippen molar-refractivity contribution in [2.24, 2.45) is 0 Å². The molecule has 2 nitrogen and oxygen atoms in total. The fraction of sp³-hybridized carbons (Fsp3) is 0.154. The van der Waals surface area contributed by atoms with Gasteiger partial charge < -0.3 is 4.74 Å². The van der Waals surface area contributed by atoms with E-state index in [4.69, 9.17) is 4.74 Å². The predicted molar refractivity (Wildman–Crippen MR) is 60.8 cm³/mol. The van der Waals surface area contributed by atoms with Gasteiger partial charge in [0.05, 0.1) is 0 Å². The molecule has 0 heterocycles. The van der Waals surface area contributed by atoms with Crippen LogP contribution in [0.5, 0.6) is 5.75 Å². The third-order valence-corrected chi connectivity index (χ3v) is 1.78. The highest BCUT2D eigenvalue weighted by Gasteiger charge is 1.98. The van der Waals surface area contributed by atoms with Crippen LogP contribution in [0.1, 0.15) is 12.5 Å². The molecule has 0 aliphatic heterocycles. The SMILES string of the molecule is C/C=C/C=C/C(=O)Oc1ccc(C)cc1. The van der Waals surface area contributed by atoms with Crippen LogP contribution < -0.4 is 4.74 Å². The highest BCUT2D eigenvalue weighted by atomic mass is 16.5. The Hall–Kier alpha value is -1.83. The Morgan fingerprint density at radius 1 is 1.20 bits per heavy atom. The van der Waals surface area contributed by atoms with Gasteiger partial charge in [0.2, 0.25) is 0 Å². The summed E-state index contributed by atoms with van der Waals surface area (Å²) in [6.45, 7) is 3.87. The molecule has 1 aromatic carbocycles.